The molecule has 88 valence electrons. The Balaban J connectivity index is 2.01. The van der Waals surface area contributed by atoms with Gasteiger partial charge in [-0.3, -0.25) is 0 Å². The molecule has 0 spiro atoms. The number of nitrogens with zero attached hydrogens (tertiary/aromatic N) is 2. The standard InChI is InChI=1S/C12H10Cl2N2O/c13-7-10-15-11(16-17-10)12(4-5-12)8-2-1-3-9(14)6-8/h1-3,6H,4-5,7H2. The minimum atomic E-state index is -0.112. The van der Waals surface area contributed by atoms with E-state index in [-0.39, 0.29) is 11.3 Å². The predicted octanol–water partition coefficient (Wildman–Crippen LogP) is 3.54. The van der Waals surface area contributed by atoms with Gasteiger partial charge in [0.25, 0.3) is 0 Å². The third-order valence-electron chi connectivity index (χ3n) is 3.14. The van der Waals surface area contributed by atoms with Crippen molar-refractivity contribution >= 4 is 23.2 Å². The third kappa shape index (κ3) is 1.83. The van der Waals surface area contributed by atoms with Crippen LogP contribution in [0.1, 0.15) is 30.1 Å². The lowest BCUT2D eigenvalue weighted by Gasteiger charge is -2.10. The normalized spacial score (nSPS) is 17.1. The topological polar surface area (TPSA) is 38.9 Å². The summed E-state index contributed by atoms with van der Waals surface area (Å²) in [5, 5.41) is 4.74. The van der Waals surface area contributed by atoms with Crippen molar-refractivity contribution in [2.24, 2.45) is 0 Å². The summed E-state index contributed by atoms with van der Waals surface area (Å²) >= 11 is 11.7. The SMILES string of the molecule is ClCc1nc(C2(c3cccc(Cl)c3)CC2)no1. The van der Waals surface area contributed by atoms with Gasteiger partial charge >= 0.3 is 0 Å². The lowest BCUT2D eigenvalue weighted by atomic mass is 9.95. The van der Waals surface area contributed by atoms with Gasteiger partial charge in [0.2, 0.25) is 5.89 Å². The minimum absolute atomic E-state index is 0.112. The fourth-order valence-electron chi connectivity index (χ4n) is 2.06. The Morgan fingerprint density at radius 1 is 1.35 bits per heavy atom. The van der Waals surface area contributed by atoms with Gasteiger partial charge in [-0.25, -0.2) is 0 Å². The van der Waals surface area contributed by atoms with E-state index in [1.54, 1.807) is 0 Å². The zero-order valence-corrected chi connectivity index (χ0v) is 10.5. The molecule has 1 aromatic heterocycles. The fourth-order valence-corrected chi connectivity index (χ4v) is 2.35. The summed E-state index contributed by atoms with van der Waals surface area (Å²) in [5.74, 6) is 1.43. The number of benzene rings is 1. The van der Waals surface area contributed by atoms with Crippen molar-refractivity contribution in [1.29, 1.82) is 0 Å². The first kappa shape index (κ1) is 11.1. The van der Waals surface area contributed by atoms with Crippen LogP contribution in [0.15, 0.2) is 28.8 Å². The van der Waals surface area contributed by atoms with Crippen molar-refractivity contribution in [1.82, 2.24) is 10.1 Å². The molecule has 1 saturated carbocycles. The summed E-state index contributed by atoms with van der Waals surface area (Å²) in [6, 6.07) is 7.82. The number of alkyl halides is 1. The Labute approximate surface area is 109 Å². The zero-order valence-electron chi connectivity index (χ0n) is 8.99. The third-order valence-corrected chi connectivity index (χ3v) is 3.60. The van der Waals surface area contributed by atoms with Crippen LogP contribution in [0, 0.1) is 0 Å². The molecular formula is C12H10Cl2N2O. The van der Waals surface area contributed by atoms with E-state index in [1.807, 2.05) is 18.2 Å². The molecule has 3 nitrogen and oxygen atoms in total. The van der Waals surface area contributed by atoms with Gasteiger partial charge in [0, 0.05) is 5.02 Å². The minimum Gasteiger partial charge on any atom is -0.338 e. The molecule has 0 unspecified atom stereocenters. The molecule has 0 aliphatic heterocycles. The highest BCUT2D eigenvalue weighted by molar-refractivity contribution is 6.30. The maximum absolute atomic E-state index is 6.01. The second kappa shape index (κ2) is 4.00. The Hall–Kier alpha value is -1.06. The highest BCUT2D eigenvalue weighted by atomic mass is 35.5. The van der Waals surface area contributed by atoms with Crippen molar-refractivity contribution < 1.29 is 4.52 Å². The Kier molecular flexibility index (Phi) is 2.60. The quantitative estimate of drug-likeness (QED) is 0.800. The van der Waals surface area contributed by atoms with Gasteiger partial charge < -0.3 is 4.52 Å². The van der Waals surface area contributed by atoms with Crippen molar-refractivity contribution in [3.63, 3.8) is 0 Å². The Morgan fingerprint density at radius 3 is 2.76 bits per heavy atom. The number of aromatic nitrogens is 2. The largest absolute Gasteiger partial charge is 0.338 e. The maximum Gasteiger partial charge on any atom is 0.241 e. The Bertz CT molecular complexity index is 549. The van der Waals surface area contributed by atoms with Gasteiger partial charge in [-0.2, -0.15) is 4.98 Å². The average molecular weight is 269 g/mol. The number of hydrogen-bond acceptors (Lipinski definition) is 3. The first-order chi connectivity index (χ1) is 8.24. The van der Waals surface area contributed by atoms with Gasteiger partial charge in [-0.1, -0.05) is 28.9 Å². The maximum atomic E-state index is 6.01. The summed E-state index contributed by atoms with van der Waals surface area (Å²) in [4.78, 5) is 4.32. The molecule has 0 amide bonds. The molecule has 1 aliphatic rings. The van der Waals surface area contributed by atoms with Crippen LogP contribution in [-0.4, -0.2) is 10.1 Å². The second-order valence-corrected chi connectivity index (χ2v) is 4.94. The molecule has 1 heterocycles. The van der Waals surface area contributed by atoms with Gasteiger partial charge in [0.1, 0.15) is 5.88 Å². The molecule has 3 rings (SSSR count). The van der Waals surface area contributed by atoms with Crippen LogP contribution < -0.4 is 0 Å². The van der Waals surface area contributed by atoms with Crippen molar-refractivity contribution in [2.75, 3.05) is 0 Å². The molecule has 0 atom stereocenters. The van der Waals surface area contributed by atoms with Gasteiger partial charge in [-0.05, 0) is 30.5 Å². The van der Waals surface area contributed by atoms with Crippen LogP contribution in [0.5, 0.6) is 0 Å². The zero-order chi connectivity index (χ0) is 11.9. The molecule has 0 N–H and O–H groups in total. The van der Waals surface area contributed by atoms with Crippen molar-refractivity contribution in [3.05, 3.63) is 46.6 Å². The molecule has 0 radical (unpaired) electrons. The first-order valence-electron chi connectivity index (χ1n) is 5.40. The van der Waals surface area contributed by atoms with Gasteiger partial charge in [0.15, 0.2) is 5.82 Å². The lowest BCUT2D eigenvalue weighted by molar-refractivity contribution is 0.381. The summed E-state index contributed by atoms with van der Waals surface area (Å²) in [7, 11) is 0. The molecule has 1 aliphatic carbocycles. The van der Waals surface area contributed by atoms with E-state index in [9.17, 15) is 0 Å². The van der Waals surface area contributed by atoms with Crippen molar-refractivity contribution in [3.8, 4) is 0 Å². The smallest absolute Gasteiger partial charge is 0.241 e. The van der Waals surface area contributed by atoms with E-state index in [4.69, 9.17) is 27.7 Å². The summed E-state index contributed by atoms with van der Waals surface area (Å²) in [6.07, 6.45) is 2.04. The highest BCUT2D eigenvalue weighted by Gasteiger charge is 2.50. The molecule has 1 aromatic carbocycles. The molecular weight excluding hydrogens is 259 g/mol. The molecule has 1 fully saturated rings. The van der Waals surface area contributed by atoms with Crippen LogP contribution in [0.2, 0.25) is 5.02 Å². The van der Waals surface area contributed by atoms with Crippen LogP contribution in [-0.2, 0) is 11.3 Å². The predicted molar refractivity (Wildman–Crippen MR) is 65.3 cm³/mol. The van der Waals surface area contributed by atoms with Crippen LogP contribution >= 0.6 is 23.2 Å². The van der Waals surface area contributed by atoms with Gasteiger partial charge in [0.05, 0.1) is 5.41 Å². The average Bonchev–Trinajstić information content (AvgIpc) is 3.01. The number of halogens is 2. The number of hydrogen-bond donors (Lipinski definition) is 0. The molecule has 0 saturated heterocycles. The lowest BCUT2D eigenvalue weighted by Crippen LogP contribution is -2.10. The van der Waals surface area contributed by atoms with E-state index in [0.29, 0.717) is 5.89 Å². The number of rotatable bonds is 3. The van der Waals surface area contributed by atoms with E-state index >= 15 is 0 Å². The molecule has 2 aromatic rings. The van der Waals surface area contributed by atoms with E-state index in [0.717, 1.165) is 29.3 Å². The van der Waals surface area contributed by atoms with Crippen LogP contribution in [0.4, 0.5) is 0 Å². The van der Waals surface area contributed by atoms with E-state index in [2.05, 4.69) is 16.2 Å². The van der Waals surface area contributed by atoms with Crippen molar-refractivity contribution in [2.45, 2.75) is 24.1 Å². The molecule has 17 heavy (non-hydrogen) atoms. The van der Waals surface area contributed by atoms with Gasteiger partial charge in [-0.15, -0.1) is 11.6 Å². The Morgan fingerprint density at radius 2 is 2.18 bits per heavy atom. The summed E-state index contributed by atoms with van der Waals surface area (Å²) in [6.45, 7) is 0. The summed E-state index contributed by atoms with van der Waals surface area (Å²) in [5.41, 5.74) is 1.03. The summed E-state index contributed by atoms with van der Waals surface area (Å²) < 4.78 is 5.07. The van der Waals surface area contributed by atoms with Crippen LogP contribution in [0.3, 0.4) is 0 Å². The van der Waals surface area contributed by atoms with E-state index in [1.165, 1.54) is 0 Å². The first-order valence-corrected chi connectivity index (χ1v) is 6.31. The van der Waals surface area contributed by atoms with E-state index < -0.39 is 0 Å². The molecule has 5 heteroatoms. The molecule has 0 bridgehead atoms. The second-order valence-electron chi connectivity index (χ2n) is 4.24. The fraction of sp³-hybridized carbons (Fsp3) is 0.333. The van der Waals surface area contributed by atoms with Crippen LogP contribution in [0.25, 0.3) is 0 Å². The monoisotopic (exact) mass is 268 g/mol. The highest BCUT2D eigenvalue weighted by Crippen LogP contribution is 2.52.